The average molecular weight is 212 g/mol. The van der Waals surface area contributed by atoms with E-state index in [0.29, 0.717) is 0 Å². The van der Waals surface area contributed by atoms with Crippen molar-refractivity contribution in [3.8, 4) is 0 Å². The van der Waals surface area contributed by atoms with Gasteiger partial charge in [0.05, 0.1) is 5.69 Å². The third-order valence-electron chi connectivity index (χ3n) is 2.95. The van der Waals surface area contributed by atoms with Gasteiger partial charge in [-0.2, -0.15) is 0 Å². The van der Waals surface area contributed by atoms with E-state index in [4.69, 9.17) is 0 Å². The van der Waals surface area contributed by atoms with Crippen molar-refractivity contribution in [2.75, 3.05) is 11.4 Å². The highest BCUT2D eigenvalue weighted by molar-refractivity contribution is 6.07. The Hall–Kier alpha value is -2.03. The van der Waals surface area contributed by atoms with Crippen LogP contribution in [0.15, 0.2) is 42.6 Å². The molecule has 0 saturated carbocycles. The molecule has 16 heavy (non-hydrogen) atoms. The smallest absolute Gasteiger partial charge is 0.258 e. The summed E-state index contributed by atoms with van der Waals surface area (Å²) in [4.78, 5) is 17.2. The van der Waals surface area contributed by atoms with E-state index in [1.54, 1.807) is 0 Å². The van der Waals surface area contributed by atoms with Gasteiger partial charge in [-0.05, 0) is 18.2 Å². The largest absolute Gasteiger partial charge is 0.363 e. The predicted molar refractivity (Wildman–Crippen MR) is 62.6 cm³/mol. The lowest BCUT2D eigenvalue weighted by Gasteiger charge is -2.15. The topological polar surface area (TPSA) is 36.1 Å². The van der Waals surface area contributed by atoms with Gasteiger partial charge in [-0.3, -0.25) is 4.79 Å². The van der Waals surface area contributed by atoms with Gasteiger partial charge in [0.25, 0.3) is 5.91 Å². The maximum absolute atomic E-state index is 12.2. The number of fused-ring (bicyclic) bond motifs is 1. The molecule has 0 radical (unpaired) electrons. The number of benzene rings is 1. The van der Waals surface area contributed by atoms with Crippen LogP contribution >= 0.6 is 0 Å². The SMILES string of the molecule is O=C(c1ccccc1)N1CCc2[nH]ccc21. The Balaban J connectivity index is 1.94. The number of hydrogen-bond acceptors (Lipinski definition) is 1. The number of anilines is 1. The summed E-state index contributed by atoms with van der Waals surface area (Å²) in [6.45, 7) is 0.774. The summed E-state index contributed by atoms with van der Waals surface area (Å²) in [7, 11) is 0. The maximum Gasteiger partial charge on any atom is 0.258 e. The molecule has 0 saturated heterocycles. The number of carbonyl (C=O) groups excluding carboxylic acids is 1. The second-order valence-corrected chi connectivity index (χ2v) is 3.91. The molecule has 0 fully saturated rings. The van der Waals surface area contributed by atoms with Crippen molar-refractivity contribution >= 4 is 11.6 Å². The fourth-order valence-electron chi connectivity index (χ4n) is 2.14. The number of hydrogen-bond donors (Lipinski definition) is 1. The Labute approximate surface area is 93.7 Å². The van der Waals surface area contributed by atoms with Crippen LogP contribution in [0.25, 0.3) is 0 Å². The maximum atomic E-state index is 12.2. The summed E-state index contributed by atoms with van der Waals surface area (Å²) >= 11 is 0. The third-order valence-corrected chi connectivity index (χ3v) is 2.95. The molecule has 3 rings (SSSR count). The van der Waals surface area contributed by atoms with E-state index in [-0.39, 0.29) is 5.91 Å². The molecule has 1 aromatic carbocycles. The van der Waals surface area contributed by atoms with Crippen LogP contribution in [0.4, 0.5) is 5.69 Å². The van der Waals surface area contributed by atoms with Crippen LogP contribution in [0, 0.1) is 0 Å². The Morgan fingerprint density at radius 2 is 2.00 bits per heavy atom. The van der Waals surface area contributed by atoms with E-state index in [9.17, 15) is 4.79 Å². The lowest BCUT2D eigenvalue weighted by atomic mass is 10.2. The zero-order valence-corrected chi connectivity index (χ0v) is 8.81. The summed E-state index contributed by atoms with van der Waals surface area (Å²) in [5.41, 5.74) is 2.93. The number of aromatic nitrogens is 1. The highest BCUT2D eigenvalue weighted by Gasteiger charge is 2.25. The van der Waals surface area contributed by atoms with Crippen molar-refractivity contribution in [2.45, 2.75) is 6.42 Å². The zero-order valence-electron chi connectivity index (χ0n) is 8.81. The number of amides is 1. The first-order valence-corrected chi connectivity index (χ1v) is 5.39. The average Bonchev–Trinajstić information content (AvgIpc) is 2.91. The van der Waals surface area contributed by atoms with E-state index in [2.05, 4.69) is 4.98 Å². The van der Waals surface area contributed by atoms with Crippen LogP contribution in [0.1, 0.15) is 16.1 Å². The van der Waals surface area contributed by atoms with Crippen molar-refractivity contribution in [1.82, 2.24) is 4.98 Å². The molecular formula is C13H12N2O. The van der Waals surface area contributed by atoms with Gasteiger partial charge in [-0.25, -0.2) is 0 Å². The third kappa shape index (κ3) is 1.33. The van der Waals surface area contributed by atoms with Crippen LogP contribution in [0.2, 0.25) is 0 Å². The first kappa shape index (κ1) is 9.21. The highest BCUT2D eigenvalue weighted by Crippen LogP contribution is 2.27. The second kappa shape index (κ2) is 3.52. The van der Waals surface area contributed by atoms with Gasteiger partial charge >= 0.3 is 0 Å². The number of H-pyrrole nitrogens is 1. The van der Waals surface area contributed by atoms with Gasteiger partial charge < -0.3 is 9.88 Å². The molecule has 0 aliphatic carbocycles. The summed E-state index contributed by atoms with van der Waals surface area (Å²) < 4.78 is 0. The van der Waals surface area contributed by atoms with Crippen molar-refractivity contribution in [2.24, 2.45) is 0 Å². The van der Waals surface area contributed by atoms with Crippen molar-refractivity contribution in [3.05, 3.63) is 53.9 Å². The van der Waals surface area contributed by atoms with Gasteiger partial charge in [-0.15, -0.1) is 0 Å². The van der Waals surface area contributed by atoms with Crippen LogP contribution in [0.3, 0.4) is 0 Å². The van der Waals surface area contributed by atoms with Crippen LogP contribution < -0.4 is 4.90 Å². The second-order valence-electron chi connectivity index (χ2n) is 3.91. The summed E-state index contributed by atoms with van der Waals surface area (Å²) in [6, 6.07) is 11.4. The zero-order chi connectivity index (χ0) is 11.0. The minimum Gasteiger partial charge on any atom is -0.363 e. The van der Waals surface area contributed by atoms with Gasteiger partial charge in [0, 0.05) is 30.4 Å². The van der Waals surface area contributed by atoms with Crippen LogP contribution in [-0.2, 0) is 6.42 Å². The molecule has 1 aliphatic heterocycles. The van der Waals surface area contributed by atoms with Gasteiger partial charge in [0.1, 0.15) is 0 Å². The molecule has 1 N–H and O–H groups in total. The minimum absolute atomic E-state index is 0.0824. The molecule has 0 spiro atoms. The fourth-order valence-corrected chi connectivity index (χ4v) is 2.14. The van der Waals surface area contributed by atoms with Crippen molar-refractivity contribution in [1.29, 1.82) is 0 Å². The molecule has 3 nitrogen and oxygen atoms in total. The fraction of sp³-hybridized carbons (Fsp3) is 0.154. The lowest BCUT2D eigenvalue weighted by molar-refractivity contribution is 0.0989. The summed E-state index contributed by atoms with van der Waals surface area (Å²) in [5, 5.41) is 0. The van der Waals surface area contributed by atoms with E-state index in [1.807, 2.05) is 47.5 Å². The molecule has 1 aliphatic rings. The van der Waals surface area contributed by atoms with E-state index in [0.717, 1.165) is 29.9 Å². The first-order chi connectivity index (χ1) is 7.86. The summed E-state index contributed by atoms with van der Waals surface area (Å²) in [5.74, 6) is 0.0824. The van der Waals surface area contributed by atoms with Gasteiger partial charge in [0.15, 0.2) is 0 Å². The molecule has 2 aromatic rings. The Bertz CT molecular complexity index is 516. The van der Waals surface area contributed by atoms with E-state index in [1.165, 1.54) is 0 Å². The predicted octanol–water partition coefficient (Wildman–Crippen LogP) is 2.22. The number of aromatic amines is 1. The molecule has 1 amide bonds. The molecule has 0 bridgehead atoms. The summed E-state index contributed by atoms with van der Waals surface area (Å²) in [6.07, 6.45) is 2.80. The number of carbonyl (C=O) groups is 1. The number of rotatable bonds is 1. The molecule has 2 heterocycles. The Morgan fingerprint density at radius 3 is 2.81 bits per heavy atom. The minimum atomic E-state index is 0.0824. The van der Waals surface area contributed by atoms with Crippen LogP contribution in [0.5, 0.6) is 0 Å². The normalized spacial score (nSPS) is 13.9. The standard InChI is InChI=1S/C13H12N2O/c16-13(10-4-2-1-3-5-10)15-9-7-11-12(15)6-8-14-11/h1-6,8,14H,7,9H2. The highest BCUT2D eigenvalue weighted by atomic mass is 16.2. The van der Waals surface area contributed by atoms with Crippen molar-refractivity contribution in [3.63, 3.8) is 0 Å². The van der Waals surface area contributed by atoms with Crippen LogP contribution in [-0.4, -0.2) is 17.4 Å². The lowest BCUT2D eigenvalue weighted by Crippen LogP contribution is -2.28. The Kier molecular flexibility index (Phi) is 2.03. The monoisotopic (exact) mass is 212 g/mol. The van der Waals surface area contributed by atoms with E-state index < -0.39 is 0 Å². The molecule has 3 heteroatoms. The first-order valence-electron chi connectivity index (χ1n) is 5.39. The van der Waals surface area contributed by atoms with Crippen molar-refractivity contribution < 1.29 is 4.79 Å². The number of nitrogens with one attached hydrogen (secondary N) is 1. The Morgan fingerprint density at radius 1 is 1.19 bits per heavy atom. The molecule has 80 valence electrons. The van der Waals surface area contributed by atoms with Gasteiger partial charge in [0.2, 0.25) is 0 Å². The molecule has 0 unspecified atom stereocenters. The van der Waals surface area contributed by atoms with Gasteiger partial charge in [-0.1, -0.05) is 18.2 Å². The molecule has 1 aromatic heterocycles. The van der Waals surface area contributed by atoms with E-state index >= 15 is 0 Å². The number of nitrogens with zero attached hydrogens (tertiary/aromatic N) is 1. The quantitative estimate of drug-likeness (QED) is 0.773. The molecule has 0 atom stereocenters. The molecular weight excluding hydrogens is 200 g/mol.